The zero-order valence-corrected chi connectivity index (χ0v) is 14.9. The molecule has 2 aromatic carbocycles. The van der Waals surface area contributed by atoms with E-state index < -0.39 is 0 Å². The third kappa shape index (κ3) is 3.78. The minimum atomic E-state index is -0.0440. The fourth-order valence-corrected chi connectivity index (χ4v) is 2.86. The molecule has 0 spiro atoms. The minimum absolute atomic E-state index is 0.0342. The Hall–Kier alpha value is -2.50. The quantitative estimate of drug-likeness (QED) is 0.752. The highest BCUT2D eigenvalue weighted by atomic mass is 16.1. The molecule has 0 saturated heterocycles. The zero-order valence-electron chi connectivity index (χ0n) is 14.9. The van der Waals surface area contributed by atoms with Gasteiger partial charge in [-0.25, -0.2) is 4.98 Å². The zero-order chi connectivity index (χ0) is 17.8. The maximum absolute atomic E-state index is 13.1. The molecule has 1 atom stereocenters. The molecule has 3 rings (SSSR count). The standard InChI is InChI=1S/C20H24N4O/c1-15(21-13-14-23(2)3)19-22-18-12-8-7-11-17(18)20(25)24(19)16-9-5-4-6-10-16/h4-12,15,21H,13-14H2,1-3H3. The van der Waals surface area contributed by atoms with E-state index in [1.54, 1.807) is 4.57 Å². The number of nitrogens with zero attached hydrogens (tertiary/aromatic N) is 3. The Morgan fingerprint density at radius 2 is 1.76 bits per heavy atom. The monoisotopic (exact) mass is 336 g/mol. The molecule has 0 bridgehead atoms. The molecule has 1 heterocycles. The summed E-state index contributed by atoms with van der Waals surface area (Å²) < 4.78 is 1.72. The molecule has 5 nitrogen and oxygen atoms in total. The first-order chi connectivity index (χ1) is 12.1. The molecular formula is C20H24N4O. The van der Waals surface area contributed by atoms with E-state index in [1.807, 2.05) is 75.6 Å². The van der Waals surface area contributed by atoms with E-state index in [9.17, 15) is 4.79 Å². The van der Waals surface area contributed by atoms with E-state index in [1.165, 1.54) is 0 Å². The molecule has 0 aliphatic carbocycles. The van der Waals surface area contributed by atoms with Crippen molar-refractivity contribution < 1.29 is 0 Å². The molecule has 1 N–H and O–H groups in total. The van der Waals surface area contributed by atoms with Gasteiger partial charge in [0.25, 0.3) is 5.56 Å². The van der Waals surface area contributed by atoms with Crippen LogP contribution in [0.3, 0.4) is 0 Å². The summed E-state index contributed by atoms with van der Waals surface area (Å²) in [5.74, 6) is 0.730. The Kier molecular flexibility index (Phi) is 5.26. The Balaban J connectivity index is 2.10. The van der Waals surface area contributed by atoms with Crippen LogP contribution in [0.2, 0.25) is 0 Å². The molecular weight excluding hydrogens is 312 g/mol. The van der Waals surface area contributed by atoms with Crippen LogP contribution < -0.4 is 10.9 Å². The van der Waals surface area contributed by atoms with E-state index in [4.69, 9.17) is 4.98 Å². The summed E-state index contributed by atoms with van der Waals surface area (Å²) in [6, 6.07) is 17.2. The van der Waals surface area contributed by atoms with Gasteiger partial charge in [-0.15, -0.1) is 0 Å². The largest absolute Gasteiger partial charge is 0.308 e. The van der Waals surface area contributed by atoms with Crippen molar-refractivity contribution in [2.45, 2.75) is 13.0 Å². The van der Waals surface area contributed by atoms with Crippen molar-refractivity contribution in [1.29, 1.82) is 0 Å². The number of rotatable bonds is 6. The molecule has 0 fully saturated rings. The van der Waals surface area contributed by atoms with Crippen molar-refractivity contribution in [3.63, 3.8) is 0 Å². The summed E-state index contributed by atoms with van der Waals surface area (Å²) in [6.45, 7) is 3.80. The van der Waals surface area contributed by atoms with Crippen LogP contribution in [-0.4, -0.2) is 41.6 Å². The summed E-state index contributed by atoms with van der Waals surface area (Å²) in [5, 5.41) is 4.10. The van der Waals surface area contributed by atoms with Gasteiger partial charge in [-0.2, -0.15) is 0 Å². The van der Waals surface area contributed by atoms with Crippen LogP contribution in [0.15, 0.2) is 59.4 Å². The van der Waals surface area contributed by atoms with Crippen molar-refractivity contribution in [3.05, 3.63) is 70.8 Å². The van der Waals surface area contributed by atoms with Gasteiger partial charge in [0.15, 0.2) is 0 Å². The van der Waals surface area contributed by atoms with Gasteiger partial charge in [0.1, 0.15) is 5.82 Å². The first kappa shape index (κ1) is 17.3. The second-order valence-electron chi connectivity index (χ2n) is 6.44. The van der Waals surface area contributed by atoms with Crippen molar-refractivity contribution in [2.75, 3.05) is 27.2 Å². The second-order valence-corrected chi connectivity index (χ2v) is 6.44. The summed E-state index contributed by atoms with van der Waals surface area (Å²) in [7, 11) is 4.08. The van der Waals surface area contributed by atoms with Crippen LogP contribution in [0.5, 0.6) is 0 Å². The predicted molar refractivity (Wildman–Crippen MR) is 102 cm³/mol. The van der Waals surface area contributed by atoms with Crippen molar-refractivity contribution in [3.8, 4) is 5.69 Å². The Morgan fingerprint density at radius 3 is 2.48 bits per heavy atom. The molecule has 0 amide bonds. The summed E-state index contributed by atoms with van der Waals surface area (Å²) in [4.78, 5) is 20.0. The van der Waals surface area contributed by atoms with Crippen LogP contribution >= 0.6 is 0 Å². The van der Waals surface area contributed by atoms with E-state index in [2.05, 4.69) is 10.2 Å². The molecule has 1 aromatic heterocycles. The van der Waals surface area contributed by atoms with Crippen LogP contribution in [-0.2, 0) is 0 Å². The average molecular weight is 336 g/mol. The normalized spacial score (nSPS) is 12.6. The highest BCUT2D eigenvalue weighted by Gasteiger charge is 2.17. The summed E-state index contributed by atoms with van der Waals surface area (Å²) in [5.41, 5.74) is 1.53. The number of hydrogen-bond donors (Lipinski definition) is 1. The van der Waals surface area contributed by atoms with Gasteiger partial charge in [-0.05, 0) is 45.3 Å². The minimum Gasteiger partial charge on any atom is -0.308 e. The van der Waals surface area contributed by atoms with Gasteiger partial charge in [0.05, 0.1) is 22.6 Å². The van der Waals surface area contributed by atoms with Crippen molar-refractivity contribution >= 4 is 10.9 Å². The fourth-order valence-electron chi connectivity index (χ4n) is 2.86. The molecule has 1 unspecified atom stereocenters. The fraction of sp³-hybridized carbons (Fsp3) is 0.300. The van der Waals surface area contributed by atoms with E-state index in [0.717, 1.165) is 30.1 Å². The third-order valence-electron chi connectivity index (χ3n) is 4.21. The predicted octanol–water partition coefficient (Wildman–Crippen LogP) is 2.60. The van der Waals surface area contributed by atoms with Crippen molar-refractivity contribution in [1.82, 2.24) is 19.8 Å². The van der Waals surface area contributed by atoms with Crippen LogP contribution in [0.1, 0.15) is 18.8 Å². The summed E-state index contributed by atoms with van der Waals surface area (Å²) in [6.07, 6.45) is 0. The number of fused-ring (bicyclic) bond motifs is 1. The van der Waals surface area contributed by atoms with E-state index in [-0.39, 0.29) is 11.6 Å². The first-order valence-corrected chi connectivity index (χ1v) is 8.53. The Labute approximate surface area is 147 Å². The number of hydrogen-bond acceptors (Lipinski definition) is 4. The molecule has 25 heavy (non-hydrogen) atoms. The first-order valence-electron chi connectivity index (χ1n) is 8.53. The Bertz CT molecular complexity index is 902. The lowest BCUT2D eigenvalue weighted by Crippen LogP contribution is -2.33. The Morgan fingerprint density at radius 1 is 1.08 bits per heavy atom. The van der Waals surface area contributed by atoms with Crippen molar-refractivity contribution in [2.24, 2.45) is 0 Å². The maximum Gasteiger partial charge on any atom is 0.266 e. The highest BCUT2D eigenvalue weighted by molar-refractivity contribution is 5.77. The molecule has 130 valence electrons. The maximum atomic E-state index is 13.1. The highest BCUT2D eigenvalue weighted by Crippen LogP contribution is 2.17. The lowest BCUT2D eigenvalue weighted by molar-refractivity contribution is 0.385. The molecule has 0 radical (unpaired) electrons. The lowest BCUT2D eigenvalue weighted by atomic mass is 10.2. The SMILES string of the molecule is CC(NCCN(C)C)c1nc2ccccc2c(=O)n1-c1ccccc1. The number of nitrogens with one attached hydrogen (secondary N) is 1. The van der Waals surface area contributed by atoms with Crippen LogP contribution in [0.4, 0.5) is 0 Å². The summed E-state index contributed by atoms with van der Waals surface area (Å²) >= 11 is 0. The molecule has 0 saturated carbocycles. The van der Waals surface area contributed by atoms with Crippen LogP contribution in [0.25, 0.3) is 16.6 Å². The van der Waals surface area contributed by atoms with Gasteiger partial charge in [-0.1, -0.05) is 30.3 Å². The number of benzene rings is 2. The van der Waals surface area contributed by atoms with Gasteiger partial charge in [0, 0.05) is 13.1 Å². The van der Waals surface area contributed by atoms with Gasteiger partial charge in [-0.3, -0.25) is 9.36 Å². The number of likely N-dealkylation sites (N-methyl/N-ethyl adjacent to an activating group) is 1. The van der Waals surface area contributed by atoms with Crippen LogP contribution in [0, 0.1) is 0 Å². The van der Waals surface area contributed by atoms with Gasteiger partial charge >= 0.3 is 0 Å². The van der Waals surface area contributed by atoms with Gasteiger partial charge in [0.2, 0.25) is 0 Å². The lowest BCUT2D eigenvalue weighted by Gasteiger charge is -2.20. The second kappa shape index (κ2) is 7.59. The smallest absolute Gasteiger partial charge is 0.266 e. The van der Waals surface area contributed by atoms with Gasteiger partial charge < -0.3 is 10.2 Å². The average Bonchev–Trinajstić information content (AvgIpc) is 2.62. The third-order valence-corrected chi connectivity index (χ3v) is 4.21. The topological polar surface area (TPSA) is 50.2 Å². The number of aromatic nitrogens is 2. The van der Waals surface area contributed by atoms with E-state index >= 15 is 0 Å². The number of para-hydroxylation sites is 2. The molecule has 3 aromatic rings. The molecule has 0 aliphatic rings. The van der Waals surface area contributed by atoms with E-state index in [0.29, 0.717) is 5.39 Å². The molecule has 5 heteroatoms. The molecule has 0 aliphatic heterocycles.